The zero-order valence-corrected chi connectivity index (χ0v) is 29.7. The Morgan fingerprint density at radius 2 is 1.78 bits per heavy atom. The van der Waals surface area contributed by atoms with Crippen LogP contribution in [0.15, 0.2) is 116 Å². The van der Waals surface area contributed by atoms with Gasteiger partial charge < -0.3 is 4.90 Å². The van der Waals surface area contributed by atoms with Crippen LogP contribution in [0.1, 0.15) is 49.7 Å². The minimum absolute atomic E-state index is 0.0599. The highest BCUT2D eigenvalue weighted by Crippen LogP contribution is 2.47. The first-order valence-corrected chi connectivity index (χ1v) is 18.9. The van der Waals surface area contributed by atoms with Crippen molar-refractivity contribution in [1.82, 2.24) is 0 Å². The Bertz CT molecular complexity index is 2050. The van der Waals surface area contributed by atoms with Gasteiger partial charge in [-0.05, 0) is 96.9 Å². The van der Waals surface area contributed by atoms with Gasteiger partial charge >= 0.3 is 0 Å². The van der Waals surface area contributed by atoms with Gasteiger partial charge in [0, 0.05) is 35.0 Å². The largest absolute Gasteiger partial charge is 0.335 e. The van der Waals surface area contributed by atoms with E-state index in [9.17, 15) is 13.0 Å². The number of nitrogens with zero attached hydrogens (tertiary/aromatic N) is 2. The van der Waals surface area contributed by atoms with Crippen LogP contribution in [-0.4, -0.2) is 19.5 Å². The number of thioether (sulfide) groups is 1. The summed E-state index contributed by atoms with van der Waals surface area (Å²) in [6.07, 6.45) is 11.2. The molecule has 9 heteroatoms. The van der Waals surface area contributed by atoms with Crippen LogP contribution in [0.5, 0.6) is 0 Å². The van der Waals surface area contributed by atoms with Crippen molar-refractivity contribution in [3.63, 3.8) is 0 Å². The van der Waals surface area contributed by atoms with Crippen LogP contribution in [0.4, 0.5) is 5.69 Å². The summed E-state index contributed by atoms with van der Waals surface area (Å²) in [7, 11) is -4.27. The summed E-state index contributed by atoms with van der Waals surface area (Å²) in [5.74, 6) is 0. The molecule has 3 aromatic carbocycles. The Labute approximate surface area is 285 Å². The van der Waals surface area contributed by atoms with Crippen molar-refractivity contribution in [2.24, 2.45) is 5.41 Å². The molecule has 1 N–H and O–H groups in total. The molecule has 6 rings (SSSR count). The van der Waals surface area contributed by atoms with Crippen molar-refractivity contribution >= 4 is 66.8 Å². The van der Waals surface area contributed by atoms with Crippen molar-refractivity contribution < 1.29 is 17.5 Å². The van der Waals surface area contributed by atoms with Gasteiger partial charge in [-0.2, -0.15) is 13.0 Å². The molecule has 0 amide bonds. The Kier molecular flexibility index (Phi) is 9.38. The molecular weight excluding hydrogens is 652 g/mol. The zero-order chi connectivity index (χ0) is 32.6. The van der Waals surface area contributed by atoms with E-state index in [2.05, 4.69) is 90.9 Å². The molecule has 1 aliphatic carbocycles. The normalized spacial score (nSPS) is 18.4. The van der Waals surface area contributed by atoms with Crippen LogP contribution in [-0.2, 0) is 23.1 Å². The second-order valence-electron chi connectivity index (χ2n) is 12.6. The third kappa shape index (κ3) is 6.92. The maximum absolute atomic E-state index is 11.8. The zero-order valence-electron chi connectivity index (χ0n) is 26.5. The van der Waals surface area contributed by atoms with E-state index in [0.29, 0.717) is 13.0 Å². The molecule has 0 radical (unpaired) electrons. The topological polar surface area (TPSA) is 61.5 Å². The molecule has 0 bridgehead atoms. The van der Waals surface area contributed by atoms with Gasteiger partial charge in [0.15, 0.2) is 6.54 Å². The number of fused-ring (bicyclic) bond motifs is 2. The quantitative estimate of drug-likeness (QED) is 0.147. The van der Waals surface area contributed by atoms with Gasteiger partial charge in [0.1, 0.15) is 4.70 Å². The summed E-state index contributed by atoms with van der Waals surface area (Å²) in [5.41, 5.74) is 6.59. The smallest absolute Gasteiger partial charge is 0.294 e. The summed E-state index contributed by atoms with van der Waals surface area (Å²) in [6, 6.07) is 21.6. The second-order valence-corrected chi connectivity index (χ2v) is 16.5. The molecule has 2 heterocycles. The first-order valence-electron chi connectivity index (χ1n) is 15.4. The van der Waals surface area contributed by atoms with Gasteiger partial charge in [-0.3, -0.25) is 4.55 Å². The van der Waals surface area contributed by atoms with Gasteiger partial charge in [-0.15, -0.1) is 0 Å². The predicted molar refractivity (Wildman–Crippen MR) is 193 cm³/mol. The second kappa shape index (κ2) is 13.2. The number of aryl methyl sites for hydroxylation is 3. The molecule has 1 aliphatic heterocycles. The molecule has 0 spiro atoms. The van der Waals surface area contributed by atoms with E-state index in [1.165, 1.54) is 26.4 Å². The number of hydrogen-bond donors (Lipinski definition) is 1. The highest BCUT2D eigenvalue weighted by molar-refractivity contribution is 8.03. The van der Waals surface area contributed by atoms with Crippen molar-refractivity contribution in [3.8, 4) is 0 Å². The SMILES string of the molecule is CCN1/C(=C/C=C2\CC(C)(C)CC(/C=C/c3sc4ccccc4[n+]3CCc3cc(S(=O)(=O)O)ccc3C)=C2Cl)Sc2ccccc21. The van der Waals surface area contributed by atoms with E-state index in [0.717, 1.165) is 57.2 Å². The number of para-hydroxylation sites is 2. The fraction of sp³-hybridized carbons (Fsp3) is 0.270. The standard InChI is InChI=1S/C37H37ClN2O3S3/c1-5-39-30-10-6-8-12-32(30)44-34(39)18-15-27-23-37(3,4)24-28(36(27)38)16-19-35-40(31-11-7-9-13-33(31)45-35)21-20-26-22-29(46(41,42)43)17-14-25(26)2/h6-19,22H,5,20-21,23-24H2,1-4H3/p+1. The van der Waals surface area contributed by atoms with Crippen LogP contribution in [0.3, 0.4) is 0 Å². The van der Waals surface area contributed by atoms with E-state index in [4.69, 9.17) is 11.6 Å². The summed E-state index contributed by atoms with van der Waals surface area (Å²) < 4.78 is 36.6. The Hall–Kier alpha value is -3.14. The number of halogens is 1. The Morgan fingerprint density at radius 1 is 1.02 bits per heavy atom. The summed E-state index contributed by atoms with van der Waals surface area (Å²) in [5, 5.41) is 3.13. The number of rotatable bonds is 8. The van der Waals surface area contributed by atoms with Gasteiger partial charge in [-0.1, -0.05) is 85.0 Å². The van der Waals surface area contributed by atoms with E-state index in [1.807, 2.05) is 19.1 Å². The Morgan fingerprint density at radius 3 is 2.57 bits per heavy atom. The molecule has 0 unspecified atom stereocenters. The van der Waals surface area contributed by atoms with E-state index in [-0.39, 0.29) is 10.3 Å². The van der Waals surface area contributed by atoms with Gasteiger partial charge in [0.2, 0.25) is 5.52 Å². The lowest BCUT2D eigenvalue weighted by Gasteiger charge is -2.32. The van der Waals surface area contributed by atoms with Crippen molar-refractivity contribution in [1.29, 1.82) is 0 Å². The molecule has 238 valence electrons. The highest BCUT2D eigenvalue weighted by Gasteiger charge is 2.30. The van der Waals surface area contributed by atoms with Gasteiger partial charge in [0.25, 0.3) is 15.1 Å². The molecular formula is C37H38ClN2O3S3+. The van der Waals surface area contributed by atoms with E-state index >= 15 is 0 Å². The lowest BCUT2D eigenvalue weighted by molar-refractivity contribution is -0.668. The summed E-state index contributed by atoms with van der Waals surface area (Å²) in [4.78, 5) is 3.55. The number of allylic oxidation sites excluding steroid dienone is 6. The average Bonchev–Trinajstić information content (AvgIpc) is 3.56. The van der Waals surface area contributed by atoms with Gasteiger partial charge in [-0.25, -0.2) is 0 Å². The maximum atomic E-state index is 11.8. The molecule has 0 saturated carbocycles. The molecule has 0 fully saturated rings. The summed E-state index contributed by atoms with van der Waals surface area (Å²) in [6.45, 7) is 10.3. The minimum Gasteiger partial charge on any atom is -0.335 e. The average molecular weight is 690 g/mol. The molecule has 4 aromatic rings. The van der Waals surface area contributed by atoms with Crippen molar-refractivity contribution in [3.05, 3.63) is 122 Å². The van der Waals surface area contributed by atoms with Crippen LogP contribution in [0.25, 0.3) is 16.3 Å². The maximum Gasteiger partial charge on any atom is 0.294 e. The van der Waals surface area contributed by atoms with Gasteiger partial charge in [0.05, 0.1) is 15.6 Å². The van der Waals surface area contributed by atoms with E-state index < -0.39 is 10.1 Å². The van der Waals surface area contributed by atoms with Crippen LogP contribution < -0.4 is 9.47 Å². The lowest BCUT2D eigenvalue weighted by atomic mass is 9.75. The highest BCUT2D eigenvalue weighted by atomic mass is 35.5. The molecule has 1 aromatic heterocycles. The van der Waals surface area contributed by atoms with Crippen molar-refractivity contribution in [2.45, 2.75) is 63.3 Å². The molecule has 0 atom stereocenters. The predicted octanol–water partition coefficient (Wildman–Crippen LogP) is 9.71. The number of hydrogen-bond acceptors (Lipinski definition) is 5. The van der Waals surface area contributed by atoms with Crippen LogP contribution in [0.2, 0.25) is 0 Å². The molecule has 2 aliphatic rings. The Balaban J connectivity index is 1.31. The molecule has 0 saturated heterocycles. The third-order valence-electron chi connectivity index (χ3n) is 8.57. The third-order valence-corrected chi connectivity index (χ3v) is 12.2. The molecule has 5 nitrogen and oxygen atoms in total. The first-order chi connectivity index (χ1) is 21.9. The fourth-order valence-corrected chi connectivity index (χ4v) is 9.29. The lowest BCUT2D eigenvalue weighted by Crippen LogP contribution is -2.36. The summed E-state index contributed by atoms with van der Waals surface area (Å²) >= 11 is 10.7. The van der Waals surface area contributed by atoms with Crippen LogP contribution >= 0.6 is 34.7 Å². The fourth-order valence-electron chi connectivity index (χ4n) is 6.28. The minimum atomic E-state index is -4.27. The number of anilines is 1. The monoisotopic (exact) mass is 689 g/mol. The number of thiazole rings is 1. The number of benzene rings is 3. The van der Waals surface area contributed by atoms with Crippen molar-refractivity contribution in [2.75, 3.05) is 11.4 Å². The van der Waals surface area contributed by atoms with Crippen LogP contribution in [0, 0.1) is 12.3 Å². The number of aromatic nitrogens is 1. The molecule has 46 heavy (non-hydrogen) atoms. The van der Waals surface area contributed by atoms with E-state index in [1.54, 1.807) is 35.2 Å². The first kappa shape index (κ1) is 32.8.